The SMILES string of the molecule is c1cnc2ccc(-c3nc4ccc5[nH]ncc5c4c4c3CCCC4)cc2c1. The monoisotopic (exact) mass is 350 g/mol. The number of nitrogens with zero attached hydrogens (tertiary/aromatic N) is 3. The van der Waals surface area contributed by atoms with Gasteiger partial charge in [0.25, 0.3) is 0 Å². The van der Waals surface area contributed by atoms with Gasteiger partial charge in [0, 0.05) is 27.9 Å². The molecule has 0 spiro atoms. The molecule has 4 heteroatoms. The second-order valence-corrected chi connectivity index (χ2v) is 7.33. The average molecular weight is 350 g/mol. The molecule has 130 valence electrons. The maximum absolute atomic E-state index is 5.13. The molecule has 5 aromatic rings. The zero-order valence-corrected chi connectivity index (χ0v) is 14.9. The summed E-state index contributed by atoms with van der Waals surface area (Å²) >= 11 is 0. The molecule has 27 heavy (non-hydrogen) atoms. The Morgan fingerprint density at radius 1 is 0.889 bits per heavy atom. The van der Waals surface area contributed by atoms with E-state index < -0.39 is 0 Å². The summed E-state index contributed by atoms with van der Waals surface area (Å²) in [6.07, 6.45) is 8.45. The van der Waals surface area contributed by atoms with E-state index in [0.717, 1.165) is 40.5 Å². The summed E-state index contributed by atoms with van der Waals surface area (Å²) in [6.45, 7) is 0. The maximum atomic E-state index is 5.13. The molecule has 3 heterocycles. The molecule has 0 fully saturated rings. The average Bonchev–Trinajstić information content (AvgIpc) is 3.21. The van der Waals surface area contributed by atoms with E-state index in [0.29, 0.717) is 0 Å². The van der Waals surface area contributed by atoms with Crippen LogP contribution in [0.2, 0.25) is 0 Å². The van der Waals surface area contributed by atoms with Crippen LogP contribution >= 0.6 is 0 Å². The highest BCUT2D eigenvalue weighted by Gasteiger charge is 2.21. The molecule has 1 aliphatic rings. The lowest BCUT2D eigenvalue weighted by molar-refractivity contribution is 0.689. The molecule has 0 bridgehead atoms. The zero-order chi connectivity index (χ0) is 17.8. The topological polar surface area (TPSA) is 54.5 Å². The Hall–Kier alpha value is -3.27. The maximum Gasteiger partial charge on any atom is 0.0744 e. The lowest BCUT2D eigenvalue weighted by Crippen LogP contribution is -2.07. The molecule has 6 rings (SSSR count). The first kappa shape index (κ1) is 14.9. The summed E-state index contributed by atoms with van der Waals surface area (Å²) in [6, 6.07) is 14.8. The highest BCUT2D eigenvalue weighted by atomic mass is 15.1. The van der Waals surface area contributed by atoms with Gasteiger partial charge >= 0.3 is 0 Å². The highest BCUT2D eigenvalue weighted by molar-refractivity contribution is 6.07. The van der Waals surface area contributed by atoms with Crippen LogP contribution in [0, 0.1) is 0 Å². The van der Waals surface area contributed by atoms with Gasteiger partial charge in [0.15, 0.2) is 0 Å². The largest absolute Gasteiger partial charge is 0.278 e. The van der Waals surface area contributed by atoms with Crippen LogP contribution in [0.3, 0.4) is 0 Å². The van der Waals surface area contributed by atoms with Crippen molar-refractivity contribution in [1.82, 2.24) is 20.2 Å². The van der Waals surface area contributed by atoms with Crippen LogP contribution in [-0.2, 0) is 12.8 Å². The molecule has 0 atom stereocenters. The van der Waals surface area contributed by atoms with Crippen molar-refractivity contribution in [2.45, 2.75) is 25.7 Å². The normalized spacial score (nSPS) is 14.1. The van der Waals surface area contributed by atoms with Gasteiger partial charge in [-0.05, 0) is 67.1 Å². The molecule has 1 N–H and O–H groups in total. The minimum absolute atomic E-state index is 1.02. The van der Waals surface area contributed by atoms with Gasteiger partial charge in [-0.15, -0.1) is 0 Å². The van der Waals surface area contributed by atoms with Crippen LogP contribution in [-0.4, -0.2) is 20.2 Å². The first-order chi connectivity index (χ1) is 13.4. The Bertz CT molecular complexity index is 1330. The molecule has 0 saturated heterocycles. The number of pyridine rings is 2. The smallest absolute Gasteiger partial charge is 0.0744 e. The summed E-state index contributed by atoms with van der Waals surface area (Å²) in [5.74, 6) is 0. The van der Waals surface area contributed by atoms with E-state index in [1.165, 1.54) is 40.3 Å². The molecule has 1 aliphatic carbocycles. The first-order valence-corrected chi connectivity index (χ1v) is 9.51. The second-order valence-electron chi connectivity index (χ2n) is 7.33. The minimum atomic E-state index is 1.02. The highest BCUT2D eigenvalue weighted by Crippen LogP contribution is 2.38. The molecule has 0 radical (unpaired) electrons. The van der Waals surface area contributed by atoms with Gasteiger partial charge in [0.2, 0.25) is 0 Å². The number of aryl methyl sites for hydroxylation is 1. The van der Waals surface area contributed by atoms with Crippen molar-refractivity contribution >= 4 is 32.7 Å². The number of aromatic nitrogens is 4. The van der Waals surface area contributed by atoms with Crippen molar-refractivity contribution in [3.8, 4) is 11.3 Å². The molecular formula is C23H18N4. The van der Waals surface area contributed by atoms with Crippen LogP contribution in [0.25, 0.3) is 44.0 Å². The molecule has 0 saturated carbocycles. The van der Waals surface area contributed by atoms with Crippen molar-refractivity contribution in [1.29, 1.82) is 0 Å². The number of hydrogen-bond donors (Lipinski definition) is 1. The molecule has 2 aromatic carbocycles. The van der Waals surface area contributed by atoms with Crippen molar-refractivity contribution < 1.29 is 0 Å². The zero-order valence-electron chi connectivity index (χ0n) is 14.9. The van der Waals surface area contributed by atoms with Gasteiger partial charge in [-0.1, -0.05) is 12.1 Å². The Morgan fingerprint density at radius 3 is 2.74 bits per heavy atom. The third-order valence-corrected chi connectivity index (χ3v) is 5.77. The number of hydrogen-bond acceptors (Lipinski definition) is 3. The van der Waals surface area contributed by atoms with Gasteiger partial charge < -0.3 is 0 Å². The summed E-state index contributed by atoms with van der Waals surface area (Å²) < 4.78 is 0. The van der Waals surface area contributed by atoms with E-state index in [9.17, 15) is 0 Å². The number of benzene rings is 2. The Morgan fingerprint density at radius 2 is 1.78 bits per heavy atom. The Balaban J connectivity index is 1.70. The van der Waals surface area contributed by atoms with E-state index >= 15 is 0 Å². The first-order valence-electron chi connectivity index (χ1n) is 9.51. The minimum Gasteiger partial charge on any atom is -0.278 e. The summed E-state index contributed by atoms with van der Waals surface area (Å²) in [5.41, 5.74) is 8.35. The van der Waals surface area contributed by atoms with Crippen LogP contribution < -0.4 is 0 Å². The van der Waals surface area contributed by atoms with Gasteiger partial charge in [-0.3, -0.25) is 10.1 Å². The fraction of sp³-hybridized carbons (Fsp3) is 0.174. The lowest BCUT2D eigenvalue weighted by Gasteiger charge is -2.22. The predicted molar refractivity (Wildman–Crippen MR) is 109 cm³/mol. The van der Waals surface area contributed by atoms with Gasteiger partial charge in [-0.25, -0.2) is 4.98 Å². The van der Waals surface area contributed by atoms with Gasteiger partial charge in [0.05, 0.1) is 28.4 Å². The van der Waals surface area contributed by atoms with Crippen molar-refractivity contribution in [3.05, 3.63) is 66.0 Å². The molecule has 3 aromatic heterocycles. The van der Waals surface area contributed by atoms with E-state index in [2.05, 4.69) is 51.6 Å². The summed E-state index contributed by atoms with van der Waals surface area (Å²) in [5, 5.41) is 11.0. The van der Waals surface area contributed by atoms with Gasteiger partial charge in [-0.2, -0.15) is 5.10 Å². The number of rotatable bonds is 1. The van der Waals surface area contributed by atoms with E-state index in [4.69, 9.17) is 4.98 Å². The molecule has 0 unspecified atom stereocenters. The molecule has 0 amide bonds. The van der Waals surface area contributed by atoms with Crippen LogP contribution in [0.4, 0.5) is 0 Å². The van der Waals surface area contributed by atoms with Crippen molar-refractivity contribution in [2.75, 3.05) is 0 Å². The second kappa shape index (κ2) is 5.61. The van der Waals surface area contributed by atoms with Crippen LogP contribution in [0.1, 0.15) is 24.0 Å². The van der Waals surface area contributed by atoms with Crippen molar-refractivity contribution in [2.24, 2.45) is 0 Å². The fourth-order valence-electron chi connectivity index (χ4n) is 4.51. The summed E-state index contributed by atoms with van der Waals surface area (Å²) in [7, 11) is 0. The lowest BCUT2D eigenvalue weighted by atomic mass is 9.85. The number of fused-ring (bicyclic) bond motifs is 6. The van der Waals surface area contributed by atoms with Crippen LogP contribution in [0.5, 0.6) is 0 Å². The van der Waals surface area contributed by atoms with Crippen molar-refractivity contribution in [3.63, 3.8) is 0 Å². The number of aromatic amines is 1. The molecule has 0 aliphatic heterocycles. The van der Waals surface area contributed by atoms with Gasteiger partial charge in [0.1, 0.15) is 0 Å². The molecular weight excluding hydrogens is 332 g/mol. The number of nitrogens with one attached hydrogen (secondary N) is 1. The molecule has 4 nitrogen and oxygen atoms in total. The third kappa shape index (κ3) is 2.19. The standard InChI is InChI=1S/C23H18N4/c1-2-6-17-16(5-1)22-18-13-25-27-20(18)9-10-21(22)26-23(17)15-7-8-19-14(12-15)4-3-11-24-19/h3-4,7-13H,1-2,5-6H2,(H,25,27). The summed E-state index contributed by atoms with van der Waals surface area (Å²) in [4.78, 5) is 9.58. The fourth-order valence-corrected chi connectivity index (χ4v) is 4.51. The third-order valence-electron chi connectivity index (χ3n) is 5.77. The van der Waals surface area contributed by atoms with E-state index in [-0.39, 0.29) is 0 Å². The van der Waals surface area contributed by atoms with E-state index in [1.54, 1.807) is 0 Å². The Kier molecular flexibility index (Phi) is 3.09. The predicted octanol–water partition coefficient (Wildman–Crippen LogP) is 5.21. The number of H-pyrrole nitrogens is 1. The van der Waals surface area contributed by atoms with Crippen LogP contribution in [0.15, 0.2) is 54.9 Å². The van der Waals surface area contributed by atoms with E-state index in [1.807, 2.05) is 18.5 Å². The quantitative estimate of drug-likeness (QED) is 0.452. The Labute approximate surface area is 156 Å².